The number of amidine groups is 1. The number of thioether (sulfide) groups is 1. The van der Waals surface area contributed by atoms with E-state index in [1.165, 1.54) is 30.0 Å². The number of benzene rings is 1. The van der Waals surface area contributed by atoms with Gasteiger partial charge >= 0.3 is 6.36 Å². The largest absolute Gasteiger partial charge is 0.573 e. The van der Waals surface area contributed by atoms with E-state index in [1.807, 2.05) is 0 Å². The van der Waals surface area contributed by atoms with Crippen LogP contribution in [-0.2, 0) is 12.1 Å². The summed E-state index contributed by atoms with van der Waals surface area (Å²) in [6.07, 6.45) is -4.25. The van der Waals surface area contributed by atoms with Gasteiger partial charge in [-0.25, -0.2) is 0 Å². The zero-order valence-electron chi connectivity index (χ0n) is 11.7. The molecule has 0 spiro atoms. The van der Waals surface area contributed by atoms with Gasteiger partial charge in [-0.1, -0.05) is 17.8 Å². The standard InChI is InChI=1S/C13H13F3N2O2S.BrH/c1-17-11-18(2)12(19)9-4-3-8(20-13(14,15)16)5-7(9)6-10(12)21-11;/h3-5,10,19H,6H2,1-2H3;1H. The fourth-order valence-electron chi connectivity index (χ4n) is 2.89. The molecule has 4 nitrogen and oxygen atoms in total. The lowest BCUT2D eigenvalue weighted by Gasteiger charge is -2.31. The van der Waals surface area contributed by atoms with Crippen LogP contribution in [0.5, 0.6) is 5.75 Å². The predicted octanol–water partition coefficient (Wildman–Crippen LogP) is 2.90. The Labute approximate surface area is 140 Å². The minimum absolute atomic E-state index is 0. The predicted molar refractivity (Wildman–Crippen MR) is 83.5 cm³/mol. The van der Waals surface area contributed by atoms with Crippen LogP contribution in [0.25, 0.3) is 0 Å². The summed E-state index contributed by atoms with van der Waals surface area (Å²) in [6, 6.07) is 4.06. The highest BCUT2D eigenvalue weighted by atomic mass is 79.9. The lowest BCUT2D eigenvalue weighted by molar-refractivity contribution is -0.274. The zero-order chi connectivity index (χ0) is 15.4. The topological polar surface area (TPSA) is 45.1 Å². The number of aliphatic hydroxyl groups is 1. The molecule has 0 radical (unpaired) electrons. The molecular weight excluding hydrogens is 385 g/mol. The molecule has 22 heavy (non-hydrogen) atoms. The van der Waals surface area contributed by atoms with Gasteiger partial charge in [0.05, 0.1) is 5.25 Å². The van der Waals surface area contributed by atoms with Crippen LogP contribution in [-0.4, -0.2) is 40.9 Å². The Bertz CT molecular complexity index is 626. The van der Waals surface area contributed by atoms with Gasteiger partial charge in [0.2, 0.25) is 0 Å². The summed E-state index contributed by atoms with van der Waals surface area (Å²) in [7, 11) is 3.37. The Balaban J connectivity index is 0.00000176. The normalized spacial score (nSPS) is 28.4. The quantitative estimate of drug-likeness (QED) is 0.789. The second-order valence-electron chi connectivity index (χ2n) is 4.97. The summed E-state index contributed by atoms with van der Waals surface area (Å²) < 4.78 is 40.7. The highest BCUT2D eigenvalue weighted by Crippen LogP contribution is 2.51. The highest BCUT2D eigenvalue weighted by Gasteiger charge is 2.55. The highest BCUT2D eigenvalue weighted by molar-refractivity contribution is 8.93. The molecule has 0 amide bonds. The maximum atomic E-state index is 12.3. The minimum atomic E-state index is -4.72. The van der Waals surface area contributed by atoms with Gasteiger partial charge in [0.15, 0.2) is 10.9 Å². The van der Waals surface area contributed by atoms with Crippen LogP contribution < -0.4 is 4.74 Å². The minimum Gasteiger partial charge on any atom is -0.406 e. The van der Waals surface area contributed by atoms with E-state index in [1.54, 1.807) is 19.0 Å². The molecule has 1 aromatic rings. The van der Waals surface area contributed by atoms with Gasteiger partial charge in [0, 0.05) is 19.7 Å². The number of hydrogen-bond donors (Lipinski definition) is 1. The number of aliphatic imine (C=N–C) groups is 1. The zero-order valence-corrected chi connectivity index (χ0v) is 14.2. The van der Waals surface area contributed by atoms with Gasteiger partial charge in [-0.2, -0.15) is 0 Å². The molecule has 9 heteroatoms. The van der Waals surface area contributed by atoms with Crippen molar-refractivity contribution in [3.63, 3.8) is 0 Å². The molecule has 2 unspecified atom stereocenters. The first-order chi connectivity index (χ1) is 9.75. The summed E-state index contributed by atoms with van der Waals surface area (Å²) in [5, 5.41) is 11.5. The smallest absolute Gasteiger partial charge is 0.406 e. The average Bonchev–Trinajstić information content (AvgIpc) is 2.78. The molecule has 1 heterocycles. The molecule has 3 rings (SSSR count). The molecule has 0 aromatic heterocycles. The van der Waals surface area contributed by atoms with E-state index in [-0.39, 0.29) is 28.0 Å². The molecule has 1 fully saturated rings. The second kappa shape index (κ2) is 5.61. The molecule has 122 valence electrons. The maximum absolute atomic E-state index is 12.3. The number of hydrogen-bond acceptors (Lipinski definition) is 4. The van der Waals surface area contributed by atoms with Crippen molar-refractivity contribution in [2.24, 2.45) is 4.99 Å². The molecule has 1 aliphatic heterocycles. The van der Waals surface area contributed by atoms with Crippen molar-refractivity contribution in [1.29, 1.82) is 0 Å². The SMILES string of the molecule is Br.CN=C1SC2Cc3cc(OC(F)(F)F)ccc3C2(O)N1C. The van der Waals surface area contributed by atoms with E-state index in [4.69, 9.17) is 0 Å². The van der Waals surface area contributed by atoms with Crippen molar-refractivity contribution in [3.05, 3.63) is 29.3 Å². The molecule has 0 bridgehead atoms. The number of rotatable bonds is 1. The Morgan fingerprint density at radius 2 is 2.14 bits per heavy atom. The second-order valence-corrected chi connectivity index (χ2v) is 6.14. The number of alkyl halides is 3. The molecule has 2 atom stereocenters. The van der Waals surface area contributed by atoms with E-state index >= 15 is 0 Å². The van der Waals surface area contributed by atoms with Crippen molar-refractivity contribution in [1.82, 2.24) is 4.90 Å². The number of nitrogens with zero attached hydrogens (tertiary/aromatic N) is 2. The maximum Gasteiger partial charge on any atom is 0.573 e. The lowest BCUT2D eigenvalue weighted by atomic mass is 10.0. The van der Waals surface area contributed by atoms with E-state index in [2.05, 4.69) is 9.73 Å². The van der Waals surface area contributed by atoms with Gasteiger partial charge in [0.1, 0.15) is 5.75 Å². The molecule has 1 saturated heterocycles. The van der Waals surface area contributed by atoms with Crippen LogP contribution in [0.4, 0.5) is 13.2 Å². The van der Waals surface area contributed by atoms with Crippen molar-refractivity contribution in [3.8, 4) is 5.75 Å². The Morgan fingerprint density at radius 1 is 1.45 bits per heavy atom. The first-order valence-electron chi connectivity index (χ1n) is 6.24. The molecule has 1 aliphatic carbocycles. The van der Waals surface area contributed by atoms with Crippen LogP contribution in [0.2, 0.25) is 0 Å². The van der Waals surface area contributed by atoms with Gasteiger partial charge < -0.3 is 14.7 Å². The number of halogens is 4. The van der Waals surface area contributed by atoms with Crippen LogP contribution in [0.3, 0.4) is 0 Å². The number of ether oxygens (including phenoxy) is 1. The van der Waals surface area contributed by atoms with Crippen LogP contribution in [0, 0.1) is 0 Å². The molecular formula is C13H14BrF3N2O2S. The Hall–Kier alpha value is -0.930. The third kappa shape index (κ3) is 2.59. The van der Waals surface area contributed by atoms with Crippen LogP contribution >= 0.6 is 28.7 Å². The fourth-order valence-corrected chi connectivity index (χ4v) is 4.26. The van der Waals surface area contributed by atoms with Crippen LogP contribution in [0.15, 0.2) is 23.2 Å². The monoisotopic (exact) mass is 398 g/mol. The Kier molecular flexibility index (Phi) is 4.44. The fraction of sp³-hybridized carbons (Fsp3) is 0.462. The van der Waals surface area contributed by atoms with Gasteiger partial charge in [-0.3, -0.25) is 4.99 Å². The van der Waals surface area contributed by atoms with Crippen molar-refractivity contribution in [2.75, 3.05) is 14.1 Å². The van der Waals surface area contributed by atoms with Crippen molar-refractivity contribution >= 4 is 33.9 Å². The number of fused-ring (bicyclic) bond motifs is 3. The summed E-state index contributed by atoms with van der Waals surface area (Å²) >= 11 is 1.43. The third-order valence-corrected chi connectivity index (χ3v) is 5.25. The summed E-state index contributed by atoms with van der Waals surface area (Å²) in [6.45, 7) is 0. The first-order valence-corrected chi connectivity index (χ1v) is 7.12. The van der Waals surface area contributed by atoms with Gasteiger partial charge in [-0.15, -0.1) is 30.2 Å². The third-order valence-electron chi connectivity index (χ3n) is 3.80. The molecule has 2 aliphatic rings. The van der Waals surface area contributed by atoms with E-state index < -0.39 is 12.1 Å². The molecule has 0 saturated carbocycles. The van der Waals surface area contributed by atoms with Crippen molar-refractivity contribution < 1.29 is 23.0 Å². The Morgan fingerprint density at radius 3 is 2.73 bits per heavy atom. The first kappa shape index (κ1) is 17.4. The lowest BCUT2D eigenvalue weighted by Crippen LogP contribution is -2.44. The van der Waals surface area contributed by atoms with Gasteiger partial charge in [-0.05, 0) is 24.1 Å². The summed E-state index contributed by atoms with van der Waals surface area (Å²) in [4.78, 5) is 5.77. The average molecular weight is 399 g/mol. The van der Waals surface area contributed by atoms with E-state index in [0.29, 0.717) is 22.7 Å². The van der Waals surface area contributed by atoms with E-state index in [9.17, 15) is 18.3 Å². The van der Waals surface area contributed by atoms with Crippen LogP contribution in [0.1, 0.15) is 11.1 Å². The van der Waals surface area contributed by atoms with Gasteiger partial charge in [0.25, 0.3) is 0 Å². The summed E-state index contributed by atoms with van der Waals surface area (Å²) in [5.74, 6) is -0.262. The van der Waals surface area contributed by atoms with Crippen molar-refractivity contribution in [2.45, 2.75) is 23.8 Å². The molecule has 1 N–H and O–H groups in total. The molecule has 1 aromatic carbocycles. The van der Waals surface area contributed by atoms with E-state index in [0.717, 1.165) is 0 Å². The summed E-state index contributed by atoms with van der Waals surface area (Å²) in [5.41, 5.74) is 0.0421.